The number of rotatable bonds is 4. The van der Waals surface area contributed by atoms with Crippen molar-refractivity contribution in [3.05, 3.63) is 78.4 Å². The van der Waals surface area contributed by atoms with Crippen LogP contribution in [-0.4, -0.2) is 56.8 Å². The number of anilines is 1. The van der Waals surface area contributed by atoms with E-state index in [0.29, 0.717) is 0 Å². The average Bonchev–Trinajstić information content (AvgIpc) is 2.90. The number of halogens is 3. The number of hydrogen-bond donors (Lipinski definition) is 2. The van der Waals surface area contributed by atoms with Crippen molar-refractivity contribution in [2.75, 3.05) is 18.0 Å². The van der Waals surface area contributed by atoms with Crippen LogP contribution in [-0.2, 0) is 16.0 Å². The van der Waals surface area contributed by atoms with Crippen LogP contribution in [0.2, 0.25) is 0 Å². The predicted octanol–water partition coefficient (Wildman–Crippen LogP) is 3.73. The standard InChI is InChI=1S/C24H25N5O2.C2HF3O2/c30-22(16-18-6-3-4-11-25-18)28-20-17-24(31-21-8-2-1-7-19(20)21)9-14-29(15-10-24)23-26-12-5-13-27-23;3-2(4,5)1(6)7/h1-8,11-13,20H,9-10,14-17H2,(H,28,30);(H,6,7). The molecule has 1 fully saturated rings. The van der Waals surface area contributed by atoms with Gasteiger partial charge in [0.15, 0.2) is 0 Å². The molecule has 200 valence electrons. The van der Waals surface area contributed by atoms with Crippen molar-refractivity contribution >= 4 is 17.8 Å². The fourth-order valence-corrected chi connectivity index (χ4v) is 4.53. The Morgan fingerprint density at radius 2 is 1.63 bits per heavy atom. The lowest BCUT2D eigenvalue weighted by atomic mass is 9.80. The van der Waals surface area contributed by atoms with Gasteiger partial charge in [-0.2, -0.15) is 13.2 Å². The van der Waals surface area contributed by atoms with Crippen LogP contribution in [0, 0.1) is 0 Å². The molecule has 1 aromatic carbocycles. The molecule has 3 aromatic rings. The number of aliphatic carboxylic acids is 1. The molecule has 1 unspecified atom stereocenters. The van der Waals surface area contributed by atoms with E-state index in [1.165, 1.54) is 0 Å². The maximum atomic E-state index is 12.8. The zero-order valence-corrected chi connectivity index (χ0v) is 20.3. The smallest absolute Gasteiger partial charge is 0.487 e. The number of carbonyl (C=O) groups excluding carboxylic acids is 1. The zero-order chi connectivity index (χ0) is 27.2. The van der Waals surface area contributed by atoms with Crippen molar-refractivity contribution in [2.24, 2.45) is 0 Å². The van der Waals surface area contributed by atoms with Gasteiger partial charge >= 0.3 is 12.1 Å². The molecule has 0 aliphatic carbocycles. The van der Waals surface area contributed by atoms with Crippen LogP contribution in [0.15, 0.2) is 67.1 Å². The number of para-hydroxylation sites is 1. The molecule has 12 heteroatoms. The fourth-order valence-electron chi connectivity index (χ4n) is 4.53. The molecule has 4 heterocycles. The molecular weight excluding hydrogens is 503 g/mol. The molecule has 0 bridgehead atoms. The summed E-state index contributed by atoms with van der Waals surface area (Å²) in [5, 5.41) is 10.4. The molecule has 2 aliphatic rings. The normalized spacial score (nSPS) is 17.9. The van der Waals surface area contributed by atoms with Crippen molar-refractivity contribution in [2.45, 2.75) is 43.5 Å². The van der Waals surface area contributed by atoms with Crippen LogP contribution < -0.4 is 15.0 Å². The summed E-state index contributed by atoms with van der Waals surface area (Å²) >= 11 is 0. The summed E-state index contributed by atoms with van der Waals surface area (Å²) in [6, 6.07) is 15.4. The highest BCUT2D eigenvalue weighted by Gasteiger charge is 2.44. The van der Waals surface area contributed by atoms with Gasteiger partial charge in [0.05, 0.1) is 12.5 Å². The summed E-state index contributed by atoms with van der Waals surface area (Å²) < 4.78 is 38.3. The summed E-state index contributed by atoms with van der Waals surface area (Å²) in [4.78, 5) is 36.9. The van der Waals surface area contributed by atoms with E-state index in [2.05, 4.69) is 25.2 Å². The molecule has 2 N–H and O–H groups in total. The van der Waals surface area contributed by atoms with Crippen molar-refractivity contribution in [3.8, 4) is 5.75 Å². The third-order valence-corrected chi connectivity index (χ3v) is 6.35. The maximum Gasteiger partial charge on any atom is 0.490 e. The summed E-state index contributed by atoms with van der Waals surface area (Å²) in [5.41, 5.74) is 1.50. The van der Waals surface area contributed by atoms with Gasteiger partial charge in [-0.1, -0.05) is 24.3 Å². The largest absolute Gasteiger partial charge is 0.490 e. The van der Waals surface area contributed by atoms with Gasteiger partial charge in [-0.05, 0) is 24.3 Å². The Kier molecular flexibility index (Phi) is 8.08. The number of nitrogens with one attached hydrogen (secondary N) is 1. The highest BCUT2D eigenvalue weighted by Crippen LogP contribution is 2.44. The number of amides is 1. The molecule has 5 rings (SSSR count). The quantitative estimate of drug-likeness (QED) is 0.525. The van der Waals surface area contributed by atoms with Crippen molar-refractivity contribution in [3.63, 3.8) is 0 Å². The lowest BCUT2D eigenvalue weighted by Gasteiger charge is -2.47. The van der Waals surface area contributed by atoms with Crippen LogP contribution in [0.5, 0.6) is 5.75 Å². The Bertz CT molecular complexity index is 1240. The molecule has 1 saturated heterocycles. The average molecular weight is 530 g/mol. The topological polar surface area (TPSA) is 118 Å². The first-order valence-corrected chi connectivity index (χ1v) is 11.9. The third kappa shape index (κ3) is 6.75. The second-order valence-electron chi connectivity index (χ2n) is 8.98. The maximum absolute atomic E-state index is 12.8. The van der Waals surface area contributed by atoms with Crippen molar-refractivity contribution < 1.29 is 32.6 Å². The number of benzene rings is 1. The highest BCUT2D eigenvalue weighted by atomic mass is 19.4. The number of pyridine rings is 1. The number of ether oxygens (including phenoxy) is 1. The first-order valence-electron chi connectivity index (χ1n) is 11.9. The minimum atomic E-state index is -5.08. The van der Waals surface area contributed by atoms with Crippen LogP contribution in [0.1, 0.15) is 36.6 Å². The van der Waals surface area contributed by atoms with E-state index in [1.54, 1.807) is 18.6 Å². The van der Waals surface area contributed by atoms with E-state index in [1.807, 2.05) is 48.5 Å². The summed E-state index contributed by atoms with van der Waals surface area (Å²) in [5.74, 6) is -1.16. The molecule has 0 radical (unpaired) electrons. The number of nitrogens with zero attached hydrogens (tertiary/aromatic N) is 4. The first kappa shape index (κ1) is 26.8. The van der Waals surface area contributed by atoms with E-state index in [-0.39, 0.29) is 24.0 Å². The van der Waals surface area contributed by atoms with Crippen molar-refractivity contribution in [1.29, 1.82) is 0 Å². The van der Waals surface area contributed by atoms with E-state index in [0.717, 1.165) is 55.3 Å². The summed E-state index contributed by atoms with van der Waals surface area (Å²) in [6.45, 7) is 1.64. The van der Waals surface area contributed by atoms with E-state index in [4.69, 9.17) is 14.6 Å². The van der Waals surface area contributed by atoms with E-state index in [9.17, 15) is 18.0 Å². The fraction of sp³-hybridized carbons (Fsp3) is 0.346. The van der Waals surface area contributed by atoms with Gasteiger partial charge in [0.1, 0.15) is 11.4 Å². The Labute approximate surface area is 216 Å². The molecule has 38 heavy (non-hydrogen) atoms. The number of fused-ring (bicyclic) bond motifs is 1. The van der Waals surface area contributed by atoms with Gasteiger partial charge in [-0.15, -0.1) is 0 Å². The minimum absolute atomic E-state index is 0.0225. The van der Waals surface area contributed by atoms with Crippen molar-refractivity contribution in [1.82, 2.24) is 20.3 Å². The monoisotopic (exact) mass is 529 g/mol. The highest BCUT2D eigenvalue weighted by molar-refractivity contribution is 5.78. The van der Waals surface area contributed by atoms with Gasteiger partial charge in [0.25, 0.3) is 0 Å². The van der Waals surface area contributed by atoms with Gasteiger partial charge < -0.3 is 20.1 Å². The molecule has 1 spiro atoms. The Balaban J connectivity index is 0.000000426. The Hall–Kier alpha value is -4.22. The lowest BCUT2D eigenvalue weighted by molar-refractivity contribution is -0.192. The summed E-state index contributed by atoms with van der Waals surface area (Å²) in [6.07, 6.45) is 2.90. The minimum Gasteiger partial charge on any atom is -0.487 e. The number of hydrogen-bond acceptors (Lipinski definition) is 7. The number of piperidine rings is 1. The van der Waals surface area contributed by atoms with Crippen LogP contribution in [0.3, 0.4) is 0 Å². The van der Waals surface area contributed by atoms with Crippen LogP contribution in [0.4, 0.5) is 19.1 Å². The number of aromatic nitrogens is 3. The Morgan fingerprint density at radius 1 is 1.00 bits per heavy atom. The second kappa shape index (κ2) is 11.4. The molecule has 2 aromatic heterocycles. The zero-order valence-electron chi connectivity index (χ0n) is 20.3. The molecule has 2 aliphatic heterocycles. The van der Waals surface area contributed by atoms with E-state index < -0.39 is 12.1 Å². The van der Waals surface area contributed by atoms with E-state index >= 15 is 0 Å². The lowest BCUT2D eigenvalue weighted by Crippen LogP contribution is -2.52. The molecule has 0 saturated carbocycles. The van der Waals surface area contributed by atoms with Crippen LogP contribution in [0.25, 0.3) is 0 Å². The number of carboxylic acids is 1. The van der Waals surface area contributed by atoms with Crippen LogP contribution >= 0.6 is 0 Å². The first-order chi connectivity index (χ1) is 18.2. The number of carbonyl (C=O) groups is 2. The second-order valence-corrected chi connectivity index (χ2v) is 8.98. The summed E-state index contributed by atoms with van der Waals surface area (Å²) in [7, 11) is 0. The third-order valence-electron chi connectivity index (χ3n) is 6.35. The number of alkyl halides is 3. The van der Waals surface area contributed by atoms with Gasteiger partial charge in [-0.3, -0.25) is 9.78 Å². The molecular formula is C26H26F3N5O4. The van der Waals surface area contributed by atoms with Gasteiger partial charge in [-0.25, -0.2) is 14.8 Å². The van der Waals surface area contributed by atoms with Gasteiger partial charge in [0, 0.05) is 62.2 Å². The number of carboxylic acid groups (broad SMARTS) is 1. The van der Waals surface area contributed by atoms with Gasteiger partial charge in [0.2, 0.25) is 11.9 Å². The predicted molar refractivity (Wildman–Crippen MR) is 130 cm³/mol. The molecule has 9 nitrogen and oxygen atoms in total. The SMILES string of the molecule is O=C(Cc1ccccn1)NC1CC2(CCN(c3ncccn3)CC2)Oc2ccccc21.O=C(O)C(F)(F)F. The molecule has 1 atom stereocenters. The molecule has 1 amide bonds. The Morgan fingerprint density at radius 3 is 2.26 bits per heavy atom.